The van der Waals surface area contributed by atoms with Crippen molar-refractivity contribution in [1.29, 1.82) is 0 Å². The zero-order chi connectivity index (χ0) is 36.8. The van der Waals surface area contributed by atoms with E-state index in [1.54, 1.807) is 58.2 Å². The fourth-order valence-electron chi connectivity index (χ4n) is 6.25. The summed E-state index contributed by atoms with van der Waals surface area (Å²) in [7, 11) is -1.95. The van der Waals surface area contributed by atoms with Crippen LogP contribution in [0.15, 0.2) is 36.9 Å². The lowest BCUT2D eigenvalue weighted by molar-refractivity contribution is -0.142. The van der Waals surface area contributed by atoms with Gasteiger partial charge in [0.2, 0.25) is 27.7 Å². The number of carbonyl (C=O) groups is 3. The second kappa shape index (κ2) is 13.8. The summed E-state index contributed by atoms with van der Waals surface area (Å²) in [5.41, 5.74) is -2.47. The van der Waals surface area contributed by atoms with Crippen molar-refractivity contribution in [3.63, 3.8) is 0 Å². The van der Waals surface area contributed by atoms with E-state index in [1.807, 2.05) is 20.8 Å². The summed E-state index contributed by atoms with van der Waals surface area (Å²) >= 11 is 6.37. The number of hydrogen-bond donors (Lipinski definition) is 3. The molecule has 1 saturated heterocycles. The Hall–Kier alpha value is -3.62. The van der Waals surface area contributed by atoms with E-state index in [9.17, 15) is 22.8 Å². The number of benzene rings is 1. The maximum atomic E-state index is 14.4. The summed E-state index contributed by atoms with van der Waals surface area (Å²) in [5, 5.41) is 6.96. The van der Waals surface area contributed by atoms with Crippen molar-refractivity contribution in [3.05, 3.63) is 42.1 Å². The molecule has 0 radical (unpaired) electrons. The van der Waals surface area contributed by atoms with Crippen LogP contribution in [0.2, 0.25) is 5.15 Å². The molecule has 3 amide bonds. The summed E-state index contributed by atoms with van der Waals surface area (Å²) in [6.45, 7) is 14.5. The largest absolute Gasteiger partial charge is 0.497 e. The van der Waals surface area contributed by atoms with Gasteiger partial charge >= 0.3 is 6.09 Å². The number of carbonyl (C=O) groups excluding carboxylic acids is 3. The van der Waals surface area contributed by atoms with Crippen molar-refractivity contribution >= 4 is 50.3 Å². The van der Waals surface area contributed by atoms with E-state index < -0.39 is 67.9 Å². The Kier molecular flexibility index (Phi) is 10.4. The average molecular weight is 734 g/mol. The number of methoxy groups -OCH3 is 1. The van der Waals surface area contributed by atoms with Gasteiger partial charge in [-0.25, -0.2) is 22.9 Å². The molecule has 50 heavy (non-hydrogen) atoms. The number of aromatic nitrogens is 1. The molecule has 3 N–H and O–H groups in total. The van der Waals surface area contributed by atoms with Crippen molar-refractivity contribution in [2.24, 2.45) is 11.3 Å². The maximum Gasteiger partial charge on any atom is 0.408 e. The average Bonchev–Trinajstić information content (AvgIpc) is 3.94. The first kappa shape index (κ1) is 37.6. The van der Waals surface area contributed by atoms with Crippen LogP contribution in [0.1, 0.15) is 67.2 Å². The van der Waals surface area contributed by atoms with Gasteiger partial charge in [0.1, 0.15) is 34.7 Å². The minimum atomic E-state index is -3.51. The number of amides is 3. The number of hydrogen-bond acceptors (Lipinski definition) is 9. The molecule has 3 fully saturated rings. The van der Waals surface area contributed by atoms with Crippen molar-refractivity contribution in [2.45, 2.75) is 102 Å². The molecule has 0 unspecified atom stereocenters. The van der Waals surface area contributed by atoms with E-state index in [4.69, 9.17) is 25.8 Å². The van der Waals surface area contributed by atoms with Gasteiger partial charge in [-0.1, -0.05) is 38.4 Å². The molecule has 1 aromatic carbocycles. The molecular formula is C35H48ClN5O8S. The van der Waals surface area contributed by atoms with Crippen LogP contribution in [-0.4, -0.2) is 91.0 Å². The second-order valence-electron chi connectivity index (χ2n) is 15.5. The number of sulfonamides is 1. The highest BCUT2D eigenvalue weighted by molar-refractivity contribution is 7.90. The molecule has 3 aliphatic rings. The van der Waals surface area contributed by atoms with Gasteiger partial charge in [-0.2, -0.15) is 0 Å². The molecular weight excluding hydrogens is 686 g/mol. The smallest absolute Gasteiger partial charge is 0.408 e. The summed E-state index contributed by atoms with van der Waals surface area (Å²) in [5.74, 6) is -0.285. The SMILES string of the molecule is C=C[C@@H]1C[C@@]1(CNS(=O)(=O)C1CC1)NC(=O)[C@@H]1C[C@@H](Oc2nc(Cl)cc3cc(OC)ccc23)CN1C(=O)[C@@H](NC(=O)OC(C)(C)C)C(C)(C)C. The monoisotopic (exact) mass is 733 g/mol. The van der Waals surface area contributed by atoms with Crippen LogP contribution in [0, 0.1) is 11.3 Å². The summed E-state index contributed by atoms with van der Waals surface area (Å²) in [6.07, 6.45) is 2.04. The third kappa shape index (κ3) is 8.63. The molecule has 5 atom stereocenters. The number of nitrogens with zero attached hydrogens (tertiary/aromatic N) is 2. The highest BCUT2D eigenvalue weighted by Crippen LogP contribution is 2.45. The molecule has 5 rings (SSSR count). The molecule has 1 aliphatic heterocycles. The number of fused-ring (bicyclic) bond motifs is 1. The van der Waals surface area contributed by atoms with Crippen molar-refractivity contribution < 1.29 is 37.0 Å². The number of halogens is 1. The number of pyridine rings is 1. The van der Waals surface area contributed by atoms with Gasteiger partial charge in [-0.05, 0) is 75.1 Å². The second-order valence-corrected chi connectivity index (χ2v) is 18.0. The van der Waals surface area contributed by atoms with Gasteiger partial charge in [-0.3, -0.25) is 9.59 Å². The van der Waals surface area contributed by atoms with Crippen molar-refractivity contribution in [1.82, 2.24) is 25.2 Å². The number of likely N-dealkylation sites (tertiary alicyclic amines) is 1. The van der Waals surface area contributed by atoms with Gasteiger partial charge < -0.3 is 29.7 Å². The fraction of sp³-hybridized carbons (Fsp3) is 0.600. The molecule has 2 heterocycles. The Balaban J connectivity index is 1.44. The van der Waals surface area contributed by atoms with Crippen LogP contribution >= 0.6 is 11.6 Å². The highest BCUT2D eigenvalue weighted by Gasteiger charge is 2.56. The van der Waals surface area contributed by atoms with Gasteiger partial charge in [0.25, 0.3) is 0 Å². The third-order valence-corrected chi connectivity index (χ3v) is 11.3. The van der Waals surface area contributed by atoms with E-state index in [2.05, 4.69) is 26.9 Å². The summed E-state index contributed by atoms with van der Waals surface area (Å²) in [4.78, 5) is 47.4. The molecule has 1 aromatic heterocycles. The number of rotatable bonds is 12. The molecule has 15 heteroatoms. The van der Waals surface area contributed by atoms with Crippen molar-refractivity contribution in [2.75, 3.05) is 20.2 Å². The standard InChI is InChI=1S/C35H48ClN5O8S/c1-9-21-17-35(21,19-37-50(45,46)24-11-12-24)40-29(42)26-16-23(48-30-25-13-10-22(47-8)14-20(25)15-27(36)38-30)18-41(26)31(43)28(33(2,3)4)39-32(44)49-34(5,6)7/h9-10,13-15,21,23-24,26,28,37H,1,11-12,16-19H2,2-8H3,(H,39,44)(H,40,42)/t21-,23-,26+,28-,35+/m1/s1. The molecule has 13 nitrogen and oxygen atoms in total. The van der Waals surface area contributed by atoms with E-state index in [1.165, 1.54) is 4.90 Å². The fourth-order valence-corrected chi connectivity index (χ4v) is 7.90. The van der Waals surface area contributed by atoms with Crippen LogP contribution < -0.4 is 24.8 Å². The van der Waals surface area contributed by atoms with E-state index in [0.717, 1.165) is 5.39 Å². The summed E-state index contributed by atoms with van der Waals surface area (Å²) < 4.78 is 45.3. The van der Waals surface area contributed by atoms with Crippen molar-refractivity contribution in [3.8, 4) is 11.6 Å². The Labute approximate surface area is 298 Å². The van der Waals surface area contributed by atoms with Crippen LogP contribution in [0.25, 0.3) is 10.8 Å². The first-order chi connectivity index (χ1) is 23.2. The first-order valence-corrected chi connectivity index (χ1v) is 18.7. The van der Waals surface area contributed by atoms with Crippen LogP contribution in [0.4, 0.5) is 4.79 Å². The minimum absolute atomic E-state index is 0.00154. The van der Waals surface area contributed by atoms with Gasteiger partial charge in [0.15, 0.2) is 0 Å². The number of nitrogens with one attached hydrogen (secondary N) is 3. The molecule has 0 bridgehead atoms. The number of ether oxygens (including phenoxy) is 3. The van der Waals surface area contributed by atoms with Gasteiger partial charge in [0.05, 0.1) is 24.4 Å². The zero-order valence-corrected chi connectivity index (χ0v) is 31.2. The Morgan fingerprint density at radius 3 is 2.44 bits per heavy atom. The quantitative estimate of drug-likeness (QED) is 0.213. The predicted molar refractivity (Wildman–Crippen MR) is 190 cm³/mol. The van der Waals surface area contributed by atoms with Crippen LogP contribution in [-0.2, 0) is 24.3 Å². The zero-order valence-electron chi connectivity index (χ0n) is 29.7. The Morgan fingerprint density at radius 1 is 1.16 bits per heavy atom. The van der Waals surface area contributed by atoms with Crippen LogP contribution in [0.5, 0.6) is 11.6 Å². The molecule has 0 spiro atoms. The highest BCUT2D eigenvalue weighted by atomic mass is 35.5. The number of alkyl carbamates (subject to hydrolysis) is 1. The maximum absolute atomic E-state index is 14.4. The lowest BCUT2D eigenvalue weighted by Crippen LogP contribution is -2.59. The van der Waals surface area contributed by atoms with E-state index in [0.29, 0.717) is 30.4 Å². The summed E-state index contributed by atoms with van der Waals surface area (Å²) in [6, 6.07) is 4.96. The molecule has 274 valence electrons. The molecule has 2 aromatic rings. The lowest BCUT2D eigenvalue weighted by atomic mass is 9.85. The Bertz CT molecular complexity index is 1770. The molecule has 2 aliphatic carbocycles. The van der Waals surface area contributed by atoms with Crippen LogP contribution in [0.3, 0.4) is 0 Å². The molecule has 2 saturated carbocycles. The van der Waals surface area contributed by atoms with Gasteiger partial charge in [0, 0.05) is 24.3 Å². The Morgan fingerprint density at radius 2 is 1.86 bits per heavy atom. The first-order valence-electron chi connectivity index (χ1n) is 16.8. The third-order valence-electron chi connectivity index (χ3n) is 9.22. The van der Waals surface area contributed by atoms with Gasteiger partial charge in [-0.15, -0.1) is 6.58 Å². The minimum Gasteiger partial charge on any atom is -0.497 e. The van der Waals surface area contributed by atoms with E-state index >= 15 is 0 Å². The normalized spacial score (nSPS) is 24.3. The van der Waals surface area contributed by atoms with E-state index in [-0.39, 0.29) is 36.5 Å². The topological polar surface area (TPSA) is 165 Å². The predicted octanol–water partition coefficient (Wildman–Crippen LogP) is 4.33. The lowest BCUT2D eigenvalue weighted by Gasteiger charge is -2.36.